The molecule has 1 unspecified atom stereocenters. The lowest BCUT2D eigenvalue weighted by Crippen LogP contribution is -2.32. The Morgan fingerprint density at radius 1 is 1.50 bits per heavy atom. The van der Waals surface area contributed by atoms with Crippen LogP contribution in [0.2, 0.25) is 0 Å². The maximum Gasteiger partial charge on any atom is 0.314 e. The predicted octanol–water partition coefficient (Wildman–Crippen LogP) is 1.93. The molecule has 0 fully saturated rings. The second-order valence-corrected chi connectivity index (χ2v) is 5.92. The van der Waals surface area contributed by atoms with Gasteiger partial charge in [0.1, 0.15) is 28.1 Å². The Morgan fingerprint density at radius 2 is 2.15 bits per heavy atom. The molecule has 0 aromatic heterocycles. The van der Waals surface area contributed by atoms with E-state index < -0.39 is 22.7 Å². The number of hydrogen-bond acceptors (Lipinski definition) is 7. The van der Waals surface area contributed by atoms with E-state index in [1.165, 1.54) is 12.1 Å². The van der Waals surface area contributed by atoms with Crippen LogP contribution in [0.4, 0.5) is 11.4 Å². The molecule has 110 valence electrons. The summed E-state index contributed by atoms with van der Waals surface area (Å²) < 4.78 is 23.8. The monoisotopic (exact) mass is 301 g/mol. The number of phenolic OH excluding ortho intramolecular Hbond substituents is 1. The van der Waals surface area contributed by atoms with Crippen LogP contribution in [0.5, 0.6) is 5.75 Å². The molecule has 8 nitrogen and oxygen atoms in total. The third-order valence-electron chi connectivity index (χ3n) is 2.97. The number of anilines is 2. The van der Waals surface area contributed by atoms with Gasteiger partial charge in [-0.15, -0.1) is 4.40 Å². The number of aromatic hydroxyl groups is 1. The van der Waals surface area contributed by atoms with Gasteiger partial charge >= 0.3 is 5.97 Å². The fraction of sp³-hybridized carbons (Fsp3) is 0.273. The van der Waals surface area contributed by atoms with Crippen LogP contribution in [0.1, 0.15) is 13.3 Å². The number of carboxylic acids is 1. The highest BCUT2D eigenvalue weighted by molar-refractivity contribution is 8.23. The van der Waals surface area contributed by atoms with Gasteiger partial charge in [-0.3, -0.25) is 13.9 Å². The first-order valence-corrected chi connectivity index (χ1v) is 7.27. The van der Waals surface area contributed by atoms with Crippen LogP contribution >= 0.6 is 10.8 Å². The number of benzene rings is 1. The minimum absolute atomic E-state index is 0.0439. The number of rotatable bonds is 3. The number of carboxylic acid groups (broad SMARTS) is 1. The van der Waals surface area contributed by atoms with E-state index in [0.717, 1.165) is 0 Å². The molecular formula is C11H15N3O5S. The van der Waals surface area contributed by atoms with Crippen molar-refractivity contribution in [3.8, 4) is 5.75 Å². The zero-order valence-corrected chi connectivity index (χ0v) is 11.4. The van der Waals surface area contributed by atoms with Crippen molar-refractivity contribution in [3.63, 3.8) is 0 Å². The third kappa shape index (κ3) is 2.26. The quantitative estimate of drug-likeness (QED) is 0.284. The van der Waals surface area contributed by atoms with Gasteiger partial charge in [-0.25, -0.2) is 0 Å². The van der Waals surface area contributed by atoms with Crippen LogP contribution < -0.4 is 11.1 Å². The van der Waals surface area contributed by atoms with Crippen molar-refractivity contribution in [1.29, 1.82) is 0 Å². The maximum atomic E-state index is 11.1. The predicted molar refractivity (Wildman–Crippen MR) is 76.1 cm³/mol. The van der Waals surface area contributed by atoms with E-state index in [4.69, 9.17) is 10.8 Å². The highest BCUT2D eigenvalue weighted by atomic mass is 32.3. The van der Waals surface area contributed by atoms with Crippen molar-refractivity contribution in [1.82, 2.24) is 0 Å². The Balaban J connectivity index is 2.54. The minimum Gasteiger partial charge on any atom is -0.506 e. The van der Waals surface area contributed by atoms with Crippen molar-refractivity contribution in [2.75, 3.05) is 11.1 Å². The fourth-order valence-electron chi connectivity index (χ4n) is 1.96. The number of phenols is 1. The number of nitrogens with one attached hydrogen (secondary N) is 1. The summed E-state index contributed by atoms with van der Waals surface area (Å²) >= 11 is 0. The molecule has 1 heterocycles. The molecule has 2 rings (SSSR count). The van der Waals surface area contributed by atoms with Gasteiger partial charge in [-0.2, -0.15) is 0 Å². The number of aliphatic carboxylic acids is 1. The summed E-state index contributed by atoms with van der Waals surface area (Å²) in [5.41, 5.74) is 5.65. The summed E-state index contributed by atoms with van der Waals surface area (Å²) in [6.07, 6.45) is 0.236. The van der Waals surface area contributed by atoms with Crippen LogP contribution in [0, 0.1) is 5.92 Å². The van der Waals surface area contributed by atoms with E-state index in [1.54, 1.807) is 6.92 Å². The number of nitrogens with two attached hydrogens (primary N) is 1. The van der Waals surface area contributed by atoms with E-state index in [0.29, 0.717) is 0 Å². The molecule has 0 bridgehead atoms. The molecule has 1 aliphatic rings. The van der Waals surface area contributed by atoms with E-state index >= 15 is 0 Å². The molecule has 0 aliphatic carbocycles. The van der Waals surface area contributed by atoms with Gasteiger partial charge in [0.15, 0.2) is 0 Å². The number of fused-ring (bicyclic) bond motifs is 1. The molecule has 1 aromatic rings. The number of amidine groups is 1. The Hall–Kier alpha value is -1.97. The zero-order valence-electron chi connectivity index (χ0n) is 10.6. The lowest BCUT2D eigenvalue weighted by Gasteiger charge is -2.36. The van der Waals surface area contributed by atoms with Gasteiger partial charge in [-0.05, 0) is 18.6 Å². The molecule has 0 spiro atoms. The number of carbonyl (C=O) groups is 1. The molecule has 1 atom stereocenters. The lowest BCUT2D eigenvalue weighted by atomic mass is 10.1. The highest BCUT2D eigenvalue weighted by Crippen LogP contribution is 2.59. The van der Waals surface area contributed by atoms with Crippen molar-refractivity contribution < 1.29 is 24.1 Å². The lowest BCUT2D eigenvalue weighted by molar-refractivity contribution is -0.139. The van der Waals surface area contributed by atoms with Crippen molar-refractivity contribution >= 4 is 34.0 Å². The number of nitrogen functional groups attached to an aromatic ring is 1. The average Bonchev–Trinajstić information content (AvgIpc) is 2.32. The smallest absolute Gasteiger partial charge is 0.314 e. The van der Waals surface area contributed by atoms with Crippen molar-refractivity contribution in [2.45, 2.75) is 18.2 Å². The minimum atomic E-state index is -3.66. The van der Waals surface area contributed by atoms with E-state index in [2.05, 4.69) is 9.71 Å². The van der Waals surface area contributed by atoms with Gasteiger partial charge in [0.2, 0.25) is 0 Å². The van der Waals surface area contributed by atoms with E-state index in [9.17, 15) is 19.0 Å². The average molecular weight is 301 g/mol. The molecule has 7 N–H and O–H groups in total. The van der Waals surface area contributed by atoms with Gasteiger partial charge < -0.3 is 21.3 Å². The van der Waals surface area contributed by atoms with Crippen LogP contribution in [-0.2, 0) is 4.79 Å². The fourth-order valence-corrected chi connectivity index (χ4v) is 3.31. The van der Waals surface area contributed by atoms with Crippen LogP contribution in [0.15, 0.2) is 21.4 Å². The van der Waals surface area contributed by atoms with Crippen LogP contribution in [0.3, 0.4) is 0 Å². The van der Waals surface area contributed by atoms with Gasteiger partial charge in [0.05, 0.1) is 5.69 Å². The summed E-state index contributed by atoms with van der Waals surface area (Å²) in [6, 6.07) is 2.67. The largest absolute Gasteiger partial charge is 0.506 e. The summed E-state index contributed by atoms with van der Waals surface area (Å²) in [5.74, 6) is -2.44. The van der Waals surface area contributed by atoms with Gasteiger partial charge in [0.25, 0.3) is 0 Å². The Morgan fingerprint density at radius 3 is 2.70 bits per heavy atom. The van der Waals surface area contributed by atoms with Crippen LogP contribution in [0.25, 0.3) is 0 Å². The summed E-state index contributed by atoms with van der Waals surface area (Å²) in [4.78, 5) is 11.0. The SMILES string of the molecule is CCC(C(=O)O)C1=NS(O)(O)c2c(ccc(O)c2N)N1. The molecule has 9 heteroatoms. The maximum absolute atomic E-state index is 11.1. The number of nitrogens with zero attached hydrogens (tertiary/aromatic N) is 1. The highest BCUT2D eigenvalue weighted by Gasteiger charge is 2.34. The Bertz CT molecular complexity index is 602. The molecule has 1 aliphatic heterocycles. The number of hydrogen-bond donors (Lipinski definition) is 6. The normalized spacial score (nSPS) is 19.2. The van der Waals surface area contributed by atoms with Crippen molar-refractivity contribution in [3.05, 3.63) is 12.1 Å². The molecule has 1 aromatic carbocycles. The van der Waals surface area contributed by atoms with Gasteiger partial charge in [-0.1, -0.05) is 17.7 Å². The first kappa shape index (κ1) is 14.4. The zero-order chi connectivity index (χ0) is 15.1. The Labute approximate surface area is 116 Å². The first-order chi connectivity index (χ1) is 9.27. The second-order valence-electron chi connectivity index (χ2n) is 4.29. The molecule has 0 radical (unpaired) electrons. The summed E-state index contributed by atoms with van der Waals surface area (Å²) in [6.45, 7) is 1.65. The van der Waals surface area contributed by atoms with E-state index in [-0.39, 0.29) is 34.3 Å². The molecule has 20 heavy (non-hydrogen) atoms. The molecule has 0 amide bonds. The van der Waals surface area contributed by atoms with Gasteiger partial charge in [0, 0.05) is 0 Å². The standard InChI is InChI=1S/C11H15N3O5S/c1-2-5(11(16)17)10-13-6-3-4-7(15)8(12)9(6)20(18,19)14-10/h3-5,15,18-19H,2,12H2,1H3,(H,13,14)(H,16,17). The Kier molecular flexibility index (Phi) is 3.50. The third-order valence-corrected chi connectivity index (χ3v) is 4.41. The first-order valence-electron chi connectivity index (χ1n) is 5.77. The molecule has 0 saturated carbocycles. The molecule has 0 saturated heterocycles. The summed E-state index contributed by atoms with van der Waals surface area (Å²) in [5, 5.41) is 21.3. The molecular weight excluding hydrogens is 286 g/mol. The van der Waals surface area contributed by atoms with E-state index in [1.807, 2.05) is 0 Å². The summed E-state index contributed by atoms with van der Waals surface area (Å²) in [7, 11) is -3.66. The topological polar surface area (TPSA) is 148 Å². The van der Waals surface area contributed by atoms with Crippen molar-refractivity contribution in [2.24, 2.45) is 10.3 Å². The van der Waals surface area contributed by atoms with Crippen LogP contribution in [-0.4, -0.2) is 31.1 Å². The second kappa shape index (κ2) is 4.85.